The first-order chi connectivity index (χ1) is 7.22. The fraction of sp³-hybridized carbons (Fsp3) is 0.100. The Morgan fingerprint density at radius 3 is 2.75 bits per heavy atom. The van der Waals surface area contributed by atoms with Crippen molar-refractivity contribution in [2.24, 2.45) is 0 Å². The average Bonchev–Trinajstić information content (AvgIpc) is 2.64. The number of benzene rings is 1. The normalized spacial score (nSPS) is 9.62. The molecule has 0 saturated heterocycles. The second-order valence-electron chi connectivity index (χ2n) is 3.00. The molecule has 16 heavy (non-hydrogen) atoms. The Hall–Kier alpha value is -1.16. The Kier molecular flexibility index (Phi) is 4.24. The van der Waals surface area contributed by atoms with Gasteiger partial charge in [-0.3, -0.25) is 0 Å². The summed E-state index contributed by atoms with van der Waals surface area (Å²) in [5.41, 5.74) is 7.18. The molecule has 0 atom stereocenters. The van der Waals surface area contributed by atoms with Crippen molar-refractivity contribution in [2.45, 2.75) is 0 Å². The van der Waals surface area contributed by atoms with Crippen LogP contribution in [0.5, 0.6) is 5.75 Å². The first kappa shape index (κ1) is 12.9. The molecule has 0 aliphatic heterocycles. The van der Waals surface area contributed by atoms with Crippen LogP contribution in [0.15, 0.2) is 30.7 Å². The predicted octanol–water partition coefficient (Wildman–Crippen LogP) is 2.11. The second kappa shape index (κ2) is 5.25. The SMILES string of the molecule is COc1c(N)cccc1-n1cnc(Cl)c1.[Fe]. The van der Waals surface area contributed by atoms with Gasteiger partial charge in [-0.25, -0.2) is 4.98 Å². The van der Waals surface area contributed by atoms with Gasteiger partial charge >= 0.3 is 0 Å². The molecule has 0 bridgehead atoms. The van der Waals surface area contributed by atoms with Crippen molar-refractivity contribution >= 4 is 17.3 Å². The van der Waals surface area contributed by atoms with Crippen LogP contribution in [0.3, 0.4) is 0 Å². The van der Waals surface area contributed by atoms with Crippen molar-refractivity contribution in [3.63, 3.8) is 0 Å². The molecule has 0 aliphatic rings. The Labute approximate surface area is 109 Å². The number of para-hydroxylation sites is 1. The van der Waals surface area contributed by atoms with Gasteiger partial charge in [-0.1, -0.05) is 17.7 Å². The van der Waals surface area contributed by atoms with Crippen molar-refractivity contribution in [3.05, 3.63) is 35.9 Å². The van der Waals surface area contributed by atoms with Crippen molar-refractivity contribution < 1.29 is 21.8 Å². The third kappa shape index (κ3) is 2.32. The summed E-state index contributed by atoms with van der Waals surface area (Å²) in [7, 11) is 1.58. The van der Waals surface area contributed by atoms with E-state index in [1.165, 1.54) is 0 Å². The summed E-state index contributed by atoms with van der Waals surface area (Å²) in [6, 6.07) is 5.51. The molecule has 1 aromatic carbocycles. The van der Waals surface area contributed by atoms with Crippen molar-refractivity contribution in [1.29, 1.82) is 0 Å². The number of ether oxygens (including phenoxy) is 1. The van der Waals surface area contributed by atoms with Gasteiger partial charge in [-0.15, -0.1) is 0 Å². The summed E-state index contributed by atoms with van der Waals surface area (Å²) in [6.07, 6.45) is 3.30. The number of hydrogen-bond donors (Lipinski definition) is 1. The zero-order chi connectivity index (χ0) is 10.8. The van der Waals surface area contributed by atoms with E-state index in [1.54, 1.807) is 30.3 Å². The first-order valence-electron chi connectivity index (χ1n) is 4.34. The number of hydrogen-bond acceptors (Lipinski definition) is 3. The predicted molar refractivity (Wildman–Crippen MR) is 59.5 cm³/mol. The van der Waals surface area contributed by atoms with Gasteiger partial charge in [0.05, 0.1) is 18.5 Å². The molecule has 2 rings (SSSR count). The minimum Gasteiger partial charge on any atom is -0.492 e. The van der Waals surface area contributed by atoms with E-state index in [-0.39, 0.29) is 17.1 Å². The zero-order valence-electron chi connectivity index (χ0n) is 8.50. The van der Waals surface area contributed by atoms with Crippen LogP contribution < -0.4 is 10.5 Å². The molecule has 0 amide bonds. The van der Waals surface area contributed by atoms with Crippen LogP contribution in [0.1, 0.15) is 0 Å². The van der Waals surface area contributed by atoms with E-state index in [0.717, 1.165) is 5.69 Å². The first-order valence-corrected chi connectivity index (χ1v) is 4.72. The van der Waals surface area contributed by atoms with E-state index in [2.05, 4.69) is 4.98 Å². The van der Waals surface area contributed by atoms with E-state index in [9.17, 15) is 0 Å². The van der Waals surface area contributed by atoms with Gasteiger partial charge in [0.25, 0.3) is 0 Å². The molecule has 2 N–H and O–H groups in total. The van der Waals surface area contributed by atoms with Gasteiger partial charge in [-0.05, 0) is 12.1 Å². The number of nitrogen functional groups attached to an aromatic ring is 1. The van der Waals surface area contributed by atoms with Gasteiger partial charge in [0, 0.05) is 23.3 Å². The maximum Gasteiger partial charge on any atom is 0.165 e. The standard InChI is InChI=1S/C10H10ClN3O.Fe/c1-15-10-7(12)3-2-4-8(10)14-5-9(11)13-6-14;/h2-6H,12H2,1H3;. The largest absolute Gasteiger partial charge is 0.492 e. The quantitative estimate of drug-likeness (QED) is 0.677. The van der Waals surface area contributed by atoms with E-state index < -0.39 is 0 Å². The molecule has 0 spiro atoms. The number of rotatable bonds is 2. The van der Waals surface area contributed by atoms with Crippen LogP contribution in [-0.2, 0) is 17.1 Å². The Morgan fingerprint density at radius 2 is 2.19 bits per heavy atom. The fourth-order valence-corrected chi connectivity index (χ4v) is 1.55. The Balaban J connectivity index is 0.00000128. The van der Waals surface area contributed by atoms with Crippen LogP contribution >= 0.6 is 11.6 Å². The average molecular weight is 280 g/mol. The molecule has 4 nitrogen and oxygen atoms in total. The number of imidazole rings is 1. The number of nitrogens with two attached hydrogens (primary N) is 1. The molecular formula is C10H10ClFeN3O. The molecule has 0 saturated carbocycles. The van der Waals surface area contributed by atoms with Crippen LogP contribution in [0, 0.1) is 0 Å². The van der Waals surface area contributed by atoms with Crippen molar-refractivity contribution in [3.8, 4) is 11.4 Å². The monoisotopic (exact) mass is 279 g/mol. The number of halogens is 1. The van der Waals surface area contributed by atoms with E-state index in [1.807, 2.05) is 12.1 Å². The summed E-state index contributed by atoms with van der Waals surface area (Å²) < 4.78 is 6.98. The maximum absolute atomic E-state index is 5.78. The maximum atomic E-state index is 5.78. The van der Waals surface area contributed by atoms with E-state index in [0.29, 0.717) is 16.6 Å². The summed E-state index contributed by atoms with van der Waals surface area (Å²) >= 11 is 5.74. The second-order valence-corrected chi connectivity index (χ2v) is 3.39. The molecule has 1 heterocycles. The molecule has 6 heteroatoms. The Morgan fingerprint density at radius 1 is 1.44 bits per heavy atom. The summed E-state index contributed by atoms with van der Waals surface area (Å²) in [5.74, 6) is 0.617. The smallest absolute Gasteiger partial charge is 0.165 e. The summed E-state index contributed by atoms with van der Waals surface area (Å²) in [6.45, 7) is 0. The van der Waals surface area contributed by atoms with Crippen LogP contribution in [0.4, 0.5) is 5.69 Å². The third-order valence-corrected chi connectivity index (χ3v) is 2.25. The van der Waals surface area contributed by atoms with Crippen molar-refractivity contribution in [2.75, 3.05) is 12.8 Å². The van der Waals surface area contributed by atoms with Crippen LogP contribution in [0.2, 0.25) is 5.15 Å². The van der Waals surface area contributed by atoms with Gasteiger partial charge in [0.15, 0.2) is 5.75 Å². The molecule has 0 aliphatic carbocycles. The molecule has 0 radical (unpaired) electrons. The van der Waals surface area contributed by atoms with Gasteiger partial charge < -0.3 is 15.0 Å². The van der Waals surface area contributed by atoms with Gasteiger partial charge in [0.1, 0.15) is 11.5 Å². The number of aromatic nitrogens is 2. The molecule has 0 fully saturated rings. The van der Waals surface area contributed by atoms with Crippen LogP contribution in [0.25, 0.3) is 5.69 Å². The third-order valence-electron chi connectivity index (χ3n) is 2.06. The minimum atomic E-state index is 0. The molecule has 86 valence electrons. The number of methoxy groups -OCH3 is 1. The van der Waals surface area contributed by atoms with Crippen LogP contribution in [-0.4, -0.2) is 16.7 Å². The topological polar surface area (TPSA) is 53.1 Å². The summed E-state index contributed by atoms with van der Waals surface area (Å²) in [5, 5.41) is 0.430. The fourth-order valence-electron chi connectivity index (χ4n) is 1.40. The number of nitrogens with zero attached hydrogens (tertiary/aromatic N) is 2. The van der Waals surface area contributed by atoms with E-state index >= 15 is 0 Å². The van der Waals surface area contributed by atoms with Crippen molar-refractivity contribution in [1.82, 2.24) is 9.55 Å². The van der Waals surface area contributed by atoms with Gasteiger partial charge in [-0.2, -0.15) is 0 Å². The van der Waals surface area contributed by atoms with Gasteiger partial charge in [0.2, 0.25) is 0 Å². The molecule has 0 unspecified atom stereocenters. The zero-order valence-corrected chi connectivity index (χ0v) is 10.4. The molecule has 2 aromatic rings. The molecule has 1 aromatic heterocycles. The number of anilines is 1. The minimum absolute atomic E-state index is 0. The summed E-state index contributed by atoms with van der Waals surface area (Å²) in [4.78, 5) is 3.93. The van der Waals surface area contributed by atoms with E-state index in [4.69, 9.17) is 22.1 Å². The Bertz CT molecular complexity index is 487. The molecular weight excluding hydrogens is 269 g/mol.